The van der Waals surface area contributed by atoms with E-state index in [0.29, 0.717) is 35.1 Å². The Balaban J connectivity index is 1.99. The Bertz CT molecular complexity index is 1150. The average molecular weight is 454 g/mol. The van der Waals surface area contributed by atoms with Crippen LogP contribution in [0.2, 0.25) is 0 Å². The van der Waals surface area contributed by atoms with Crippen molar-refractivity contribution < 1.29 is 14.3 Å². The van der Waals surface area contributed by atoms with Gasteiger partial charge in [0.25, 0.3) is 5.91 Å². The zero-order chi connectivity index (χ0) is 24.0. The first-order valence-corrected chi connectivity index (χ1v) is 10.3. The summed E-state index contributed by atoms with van der Waals surface area (Å²) in [4.78, 5) is 30.6. The van der Waals surface area contributed by atoms with Crippen LogP contribution in [0.25, 0.3) is 11.4 Å². The Morgan fingerprint density at radius 3 is 2.64 bits per heavy atom. The predicted molar refractivity (Wildman–Crippen MR) is 124 cm³/mol. The largest absolute Gasteiger partial charge is 0.494 e. The number of rotatable bonds is 8. The summed E-state index contributed by atoms with van der Waals surface area (Å²) in [5.74, 6) is 0.730. The van der Waals surface area contributed by atoms with Gasteiger partial charge in [-0.1, -0.05) is 13.0 Å². The zero-order valence-electron chi connectivity index (χ0n) is 19.2. The molecule has 0 saturated heterocycles. The molecule has 0 spiro atoms. The summed E-state index contributed by atoms with van der Waals surface area (Å²) in [6.45, 7) is 2.57. The van der Waals surface area contributed by atoms with Gasteiger partial charge in [-0.25, -0.2) is 9.78 Å². The highest BCUT2D eigenvalue weighted by Gasteiger charge is 2.20. The molecule has 0 saturated carbocycles. The first-order chi connectivity index (χ1) is 15.9. The number of para-hydroxylation sites is 1. The second kappa shape index (κ2) is 10.4. The first-order valence-electron chi connectivity index (χ1n) is 10.3. The highest BCUT2D eigenvalue weighted by molar-refractivity contribution is 5.99. The summed E-state index contributed by atoms with van der Waals surface area (Å²) in [7, 11) is 6.49. The second-order valence-electron chi connectivity index (χ2n) is 7.18. The molecule has 0 unspecified atom stereocenters. The molecule has 12 nitrogen and oxygen atoms in total. The van der Waals surface area contributed by atoms with Crippen LogP contribution in [-0.2, 0) is 7.05 Å². The standard InChI is InChI=1S/C21H27N9O3/c1-6-10-29(3)21(32)25-16-11-15(17(27-26-16)20(31)22-2)24-14-9-7-8-13(18(14)33-5)19-23-12-30(4)28-19/h7-9,11-12H,6,10H2,1-5H3,(H,22,31)(H2,24,25,26,32). The van der Waals surface area contributed by atoms with Crippen molar-refractivity contribution in [3.05, 3.63) is 36.3 Å². The van der Waals surface area contributed by atoms with E-state index in [1.807, 2.05) is 19.1 Å². The number of hydrogen-bond acceptors (Lipinski definition) is 8. The number of nitrogens with zero attached hydrogens (tertiary/aromatic N) is 6. The SMILES string of the molecule is CCCN(C)C(=O)Nc1cc(Nc2cccc(-c3ncn(C)n3)c2OC)c(C(=O)NC)nn1. The molecule has 2 heterocycles. The molecule has 2 aromatic heterocycles. The lowest BCUT2D eigenvalue weighted by atomic mass is 10.1. The maximum Gasteiger partial charge on any atom is 0.322 e. The van der Waals surface area contributed by atoms with E-state index in [9.17, 15) is 9.59 Å². The highest BCUT2D eigenvalue weighted by Crippen LogP contribution is 2.37. The third-order valence-corrected chi connectivity index (χ3v) is 4.71. The van der Waals surface area contributed by atoms with Gasteiger partial charge in [-0.15, -0.1) is 10.2 Å². The molecule has 33 heavy (non-hydrogen) atoms. The Hall–Kier alpha value is -4.22. The smallest absolute Gasteiger partial charge is 0.322 e. The molecule has 3 amide bonds. The number of ether oxygens (including phenoxy) is 1. The summed E-state index contributed by atoms with van der Waals surface area (Å²) in [5.41, 5.74) is 1.62. The quantitative estimate of drug-likeness (QED) is 0.472. The zero-order valence-corrected chi connectivity index (χ0v) is 19.2. The van der Waals surface area contributed by atoms with Crippen molar-refractivity contribution in [2.75, 3.05) is 38.4 Å². The summed E-state index contributed by atoms with van der Waals surface area (Å²) in [5, 5.41) is 20.7. The van der Waals surface area contributed by atoms with Crippen LogP contribution in [0.1, 0.15) is 23.8 Å². The molecule has 3 aromatic rings. The van der Waals surface area contributed by atoms with Gasteiger partial charge in [-0.05, 0) is 18.6 Å². The van der Waals surface area contributed by atoms with Gasteiger partial charge in [-0.2, -0.15) is 5.10 Å². The predicted octanol–water partition coefficient (Wildman–Crippen LogP) is 2.26. The topological polar surface area (TPSA) is 139 Å². The Labute approximate surface area is 191 Å². The normalized spacial score (nSPS) is 10.5. The van der Waals surface area contributed by atoms with Crippen molar-refractivity contribution in [3.63, 3.8) is 0 Å². The molecule has 0 aliphatic rings. The van der Waals surface area contributed by atoms with Crippen molar-refractivity contribution in [1.29, 1.82) is 0 Å². The Morgan fingerprint density at radius 1 is 1.21 bits per heavy atom. The van der Waals surface area contributed by atoms with E-state index >= 15 is 0 Å². The van der Waals surface area contributed by atoms with E-state index in [0.717, 1.165) is 6.42 Å². The molecule has 3 rings (SSSR count). The van der Waals surface area contributed by atoms with Crippen molar-refractivity contribution in [3.8, 4) is 17.1 Å². The lowest BCUT2D eigenvalue weighted by molar-refractivity contribution is 0.0958. The lowest BCUT2D eigenvalue weighted by Gasteiger charge is -2.18. The highest BCUT2D eigenvalue weighted by atomic mass is 16.5. The molecule has 174 valence electrons. The number of nitrogens with one attached hydrogen (secondary N) is 3. The van der Waals surface area contributed by atoms with Crippen LogP contribution in [0.3, 0.4) is 0 Å². The maximum atomic E-state index is 12.4. The molecule has 0 aliphatic carbocycles. The number of aromatic nitrogens is 5. The van der Waals surface area contributed by atoms with Gasteiger partial charge >= 0.3 is 6.03 Å². The van der Waals surface area contributed by atoms with Gasteiger partial charge < -0.3 is 20.3 Å². The fraction of sp³-hybridized carbons (Fsp3) is 0.333. The van der Waals surface area contributed by atoms with Gasteiger partial charge in [0, 0.05) is 33.8 Å². The molecule has 12 heteroatoms. The average Bonchev–Trinajstić information content (AvgIpc) is 3.24. The van der Waals surface area contributed by atoms with Crippen LogP contribution < -0.4 is 20.7 Å². The van der Waals surface area contributed by atoms with Crippen molar-refractivity contribution in [1.82, 2.24) is 35.2 Å². The van der Waals surface area contributed by atoms with E-state index < -0.39 is 5.91 Å². The van der Waals surface area contributed by atoms with E-state index in [-0.39, 0.29) is 17.5 Å². The number of amides is 3. The van der Waals surface area contributed by atoms with Crippen molar-refractivity contribution >= 4 is 29.1 Å². The molecule has 1 aromatic carbocycles. The van der Waals surface area contributed by atoms with Crippen LogP contribution in [0.4, 0.5) is 22.0 Å². The van der Waals surface area contributed by atoms with Gasteiger partial charge in [0.15, 0.2) is 23.1 Å². The number of carbonyl (C=O) groups excluding carboxylic acids is 2. The summed E-state index contributed by atoms with van der Waals surface area (Å²) in [6.07, 6.45) is 2.41. The number of urea groups is 1. The number of benzene rings is 1. The molecular formula is C21H27N9O3. The van der Waals surface area contributed by atoms with Gasteiger partial charge in [0.1, 0.15) is 6.33 Å². The van der Waals surface area contributed by atoms with Crippen LogP contribution in [0.5, 0.6) is 5.75 Å². The Morgan fingerprint density at radius 2 is 2.00 bits per heavy atom. The van der Waals surface area contributed by atoms with E-state index in [1.54, 1.807) is 37.2 Å². The van der Waals surface area contributed by atoms with Crippen LogP contribution in [0.15, 0.2) is 30.6 Å². The fourth-order valence-electron chi connectivity index (χ4n) is 3.12. The van der Waals surface area contributed by atoms with E-state index in [2.05, 4.69) is 36.2 Å². The van der Waals surface area contributed by atoms with Crippen LogP contribution >= 0.6 is 0 Å². The van der Waals surface area contributed by atoms with E-state index in [4.69, 9.17) is 4.74 Å². The first kappa shape index (κ1) is 23.4. The number of methoxy groups -OCH3 is 1. The van der Waals surface area contributed by atoms with E-state index in [1.165, 1.54) is 19.1 Å². The maximum absolute atomic E-state index is 12.4. The molecule has 0 fully saturated rings. The molecule has 0 bridgehead atoms. The molecule has 0 radical (unpaired) electrons. The van der Waals surface area contributed by atoms with Gasteiger partial charge in [-0.3, -0.25) is 14.8 Å². The minimum atomic E-state index is -0.438. The van der Waals surface area contributed by atoms with Crippen molar-refractivity contribution in [2.24, 2.45) is 7.05 Å². The molecule has 0 aliphatic heterocycles. The summed E-state index contributed by atoms with van der Waals surface area (Å²) >= 11 is 0. The number of aryl methyl sites for hydroxylation is 1. The third-order valence-electron chi connectivity index (χ3n) is 4.71. The summed E-state index contributed by atoms with van der Waals surface area (Å²) in [6, 6.07) is 6.64. The number of carbonyl (C=O) groups is 2. The monoisotopic (exact) mass is 453 g/mol. The van der Waals surface area contributed by atoms with Gasteiger partial charge in [0.05, 0.1) is 24.0 Å². The molecule has 0 atom stereocenters. The second-order valence-corrected chi connectivity index (χ2v) is 7.18. The molecule has 3 N–H and O–H groups in total. The minimum absolute atomic E-state index is 0.0563. The third kappa shape index (κ3) is 5.34. The van der Waals surface area contributed by atoms with Crippen molar-refractivity contribution in [2.45, 2.75) is 13.3 Å². The molecular weight excluding hydrogens is 426 g/mol. The Kier molecular flexibility index (Phi) is 7.38. The summed E-state index contributed by atoms with van der Waals surface area (Å²) < 4.78 is 7.22. The fourth-order valence-corrected chi connectivity index (χ4v) is 3.12. The number of anilines is 3. The van der Waals surface area contributed by atoms with Crippen LogP contribution in [0, 0.1) is 0 Å². The van der Waals surface area contributed by atoms with Crippen LogP contribution in [-0.4, -0.2) is 69.5 Å². The van der Waals surface area contributed by atoms with Gasteiger partial charge in [0.2, 0.25) is 0 Å². The number of hydrogen-bond donors (Lipinski definition) is 3. The minimum Gasteiger partial charge on any atom is -0.494 e. The lowest BCUT2D eigenvalue weighted by Crippen LogP contribution is -2.32.